The molecule has 1 aromatic heterocycles. The lowest BCUT2D eigenvalue weighted by Gasteiger charge is -2.16. The second kappa shape index (κ2) is 5.28. The molecule has 2 rings (SSSR count). The molecule has 2 heterocycles. The summed E-state index contributed by atoms with van der Waals surface area (Å²) < 4.78 is 0. The molecule has 0 aliphatic carbocycles. The molecule has 0 saturated carbocycles. The summed E-state index contributed by atoms with van der Waals surface area (Å²) in [5, 5.41) is 3.59. The maximum atomic E-state index is 4.01. The highest BCUT2D eigenvalue weighted by molar-refractivity contribution is 4.93. The molecule has 1 aliphatic heterocycles. The molecule has 4 heteroatoms. The number of hydrogen-bond donors (Lipinski definition) is 2. The highest BCUT2D eigenvalue weighted by Crippen LogP contribution is 2.09. The minimum Gasteiger partial charge on any atom is -0.347 e. The van der Waals surface area contributed by atoms with Crippen LogP contribution in [0.1, 0.15) is 25.0 Å². The van der Waals surface area contributed by atoms with Gasteiger partial charge in [0, 0.05) is 24.5 Å². The summed E-state index contributed by atoms with van der Waals surface area (Å²) in [7, 11) is 2.21. The van der Waals surface area contributed by atoms with Gasteiger partial charge < -0.3 is 15.2 Å². The Morgan fingerprint density at radius 2 is 2.47 bits per heavy atom. The van der Waals surface area contributed by atoms with Crippen LogP contribution in [0, 0.1) is 0 Å². The Morgan fingerprint density at radius 1 is 1.53 bits per heavy atom. The van der Waals surface area contributed by atoms with E-state index in [1.807, 2.05) is 6.20 Å². The van der Waals surface area contributed by atoms with Crippen LogP contribution in [0.3, 0.4) is 0 Å². The van der Waals surface area contributed by atoms with Crippen molar-refractivity contribution in [2.24, 2.45) is 0 Å². The van der Waals surface area contributed by atoms with Gasteiger partial charge in [0.2, 0.25) is 0 Å². The summed E-state index contributed by atoms with van der Waals surface area (Å²) in [5.74, 6) is 0. The van der Waals surface area contributed by atoms with Crippen LogP contribution in [0.2, 0.25) is 0 Å². The van der Waals surface area contributed by atoms with Crippen LogP contribution < -0.4 is 5.32 Å². The number of hydrogen-bond acceptors (Lipinski definition) is 3. The predicted molar refractivity (Wildman–Crippen MR) is 60.6 cm³/mol. The zero-order valence-corrected chi connectivity index (χ0v) is 9.37. The van der Waals surface area contributed by atoms with Gasteiger partial charge in [-0.3, -0.25) is 0 Å². The van der Waals surface area contributed by atoms with Crippen LogP contribution in [-0.4, -0.2) is 41.0 Å². The first-order valence-electron chi connectivity index (χ1n) is 5.74. The standard InChI is InChI=1S/C11H20N4/c1-15-5-2-3-10(4-6-15)13-8-11-7-12-9-14-11/h7,9-10,13H,2-6,8H2,1H3,(H,12,14). The first-order valence-corrected chi connectivity index (χ1v) is 5.74. The average molecular weight is 208 g/mol. The third kappa shape index (κ3) is 3.32. The zero-order chi connectivity index (χ0) is 10.5. The van der Waals surface area contributed by atoms with Crippen molar-refractivity contribution in [1.82, 2.24) is 20.2 Å². The average Bonchev–Trinajstić information content (AvgIpc) is 2.66. The zero-order valence-electron chi connectivity index (χ0n) is 9.37. The largest absolute Gasteiger partial charge is 0.347 e. The van der Waals surface area contributed by atoms with Crippen molar-refractivity contribution in [2.45, 2.75) is 31.8 Å². The van der Waals surface area contributed by atoms with Gasteiger partial charge in [-0.1, -0.05) is 0 Å². The highest BCUT2D eigenvalue weighted by atomic mass is 15.1. The fourth-order valence-electron chi connectivity index (χ4n) is 2.08. The minimum atomic E-state index is 0.665. The Morgan fingerprint density at radius 3 is 3.27 bits per heavy atom. The van der Waals surface area contributed by atoms with Crippen molar-refractivity contribution in [3.05, 3.63) is 18.2 Å². The molecular formula is C11H20N4. The van der Waals surface area contributed by atoms with E-state index in [0.717, 1.165) is 6.54 Å². The van der Waals surface area contributed by atoms with E-state index in [0.29, 0.717) is 6.04 Å². The van der Waals surface area contributed by atoms with Gasteiger partial charge in [-0.25, -0.2) is 4.98 Å². The number of H-pyrrole nitrogens is 1. The molecular weight excluding hydrogens is 188 g/mol. The quantitative estimate of drug-likeness (QED) is 0.778. The lowest BCUT2D eigenvalue weighted by Crippen LogP contribution is -2.29. The van der Waals surface area contributed by atoms with Crippen molar-refractivity contribution in [3.8, 4) is 0 Å². The van der Waals surface area contributed by atoms with Crippen LogP contribution in [0.4, 0.5) is 0 Å². The topological polar surface area (TPSA) is 44.0 Å². The molecule has 4 nitrogen and oxygen atoms in total. The Bertz CT molecular complexity index is 270. The minimum absolute atomic E-state index is 0.665. The smallest absolute Gasteiger partial charge is 0.0922 e. The fraction of sp³-hybridized carbons (Fsp3) is 0.727. The SMILES string of the molecule is CN1CCCC(NCc2cnc[nH]2)CC1. The monoisotopic (exact) mass is 208 g/mol. The molecule has 0 aromatic carbocycles. The van der Waals surface area contributed by atoms with E-state index in [1.54, 1.807) is 6.33 Å². The van der Waals surface area contributed by atoms with Crippen molar-refractivity contribution >= 4 is 0 Å². The summed E-state index contributed by atoms with van der Waals surface area (Å²) >= 11 is 0. The maximum absolute atomic E-state index is 4.01. The molecule has 1 unspecified atom stereocenters. The first-order chi connectivity index (χ1) is 7.34. The van der Waals surface area contributed by atoms with Crippen molar-refractivity contribution < 1.29 is 0 Å². The van der Waals surface area contributed by atoms with Gasteiger partial charge in [-0.15, -0.1) is 0 Å². The lowest BCUT2D eigenvalue weighted by molar-refractivity contribution is 0.343. The maximum Gasteiger partial charge on any atom is 0.0922 e. The Balaban J connectivity index is 1.74. The van der Waals surface area contributed by atoms with E-state index < -0.39 is 0 Å². The molecule has 1 aliphatic rings. The van der Waals surface area contributed by atoms with Crippen LogP contribution in [-0.2, 0) is 6.54 Å². The molecule has 1 fully saturated rings. The first kappa shape index (κ1) is 10.6. The van der Waals surface area contributed by atoms with Gasteiger partial charge in [0.25, 0.3) is 0 Å². The molecule has 1 atom stereocenters. The van der Waals surface area contributed by atoms with E-state index >= 15 is 0 Å². The van der Waals surface area contributed by atoms with E-state index in [4.69, 9.17) is 0 Å². The second-order valence-corrected chi connectivity index (χ2v) is 4.39. The molecule has 0 bridgehead atoms. The molecule has 0 spiro atoms. The Kier molecular flexibility index (Phi) is 3.75. The fourth-order valence-corrected chi connectivity index (χ4v) is 2.08. The summed E-state index contributed by atoms with van der Waals surface area (Å²) in [5.41, 5.74) is 1.17. The normalized spacial score (nSPS) is 23.9. The molecule has 15 heavy (non-hydrogen) atoms. The van der Waals surface area contributed by atoms with Crippen LogP contribution in [0.15, 0.2) is 12.5 Å². The molecule has 1 aromatic rings. The van der Waals surface area contributed by atoms with E-state index in [2.05, 4.69) is 27.2 Å². The Labute approximate surface area is 91.1 Å². The van der Waals surface area contributed by atoms with E-state index in [9.17, 15) is 0 Å². The van der Waals surface area contributed by atoms with Crippen molar-refractivity contribution in [1.29, 1.82) is 0 Å². The predicted octanol–water partition coefficient (Wildman–Crippen LogP) is 0.984. The highest BCUT2D eigenvalue weighted by Gasteiger charge is 2.13. The summed E-state index contributed by atoms with van der Waals surface area (Å²) in [4.78, 5) is 9.54. The summed E-state index contributed by atoms with van der Waals surface area (Å²) in [6, 6.07) is 0.665. The Hall–Kier alpha value is -0.870. The van der Waals surface area contributed by atoms with Crippen LogP contribution in [0.25, 0.3) is 0 Å². The number of imidazole rings is 1. The number of nitrogens with zero attached hydrogens (tertiary/aromatic N) is 2. The van der Waals surface area contributed by atoms with Gasteiger partial charge in [-0.05, 0) is 39.4 Å². The molecule has 0 amide bonds. The molecule has 2 N–H and O–H groups in total. The van der Waals surface area contributed by atoms with Gasteiger partial charge in [0.05, 0.1) is 6.33 Å². The van der Waals surface area contributed by atoms with Crippen LogP contribution in [0.5, 0.6) is 0 Å². The lowest BCUT2D eigenvalue weighted by atomic mass is 10.1. The molecule has 1 saturated heterocycles. The summed E-state index contributed by atoms with van der Waals surface area (Å²) in [6.45, 7) is 3.36. The number of likely N-dealkylation sites (tertiary alicyclic amines) is 1. The second-order valence-electron chi connectivity index (χ2n) is 4.39. The van der Waals surface area contributed by atoms with Gasteiger partial charge in [-0.2, -0.15) is 0 Å². The molecule has 84 valence electrons. The van der Waals surface area contributed by atoms with E-state index in [-0.39, 0.29) is 0 Å². The van der Waals surface area contributed by atoms with Crippen LogP contribution >= 0.6 is 0 Å². The third-order valence-corrected chi connectivity index (χ3v) is 3.09. The van der Waals surface area contributed by atoms with Gasteiger partial charge in [0.1, 0.15) is 0 Å². The van der Waals surface area contributed by atoms with Gasteiger partial charge >= 0.3 is 0 Å². The number of aromatic amines is 1. The van der Waals surface area contributed by atoms with E-state index in [1.165, 1.54) is 38.0 Å². The summed E-state index contributed by atoms with van der Waals surface area (Å²) in [6.07, 6.45) is 7.47. The van der Waals surface area contributed by atoms with Crippen molar-refractivity contribution in [2.75, 3.05) is 20.1 Å². The number of rotatable bonds is 3. The van der Waals surface area contributed by atoms with Crippen molar-refractivity contribution in [3.63, 3.8) is 0 Å². The number of nitrogens with one attached hydrogen (secondary N) is 2. The third-order valence-electron chi connectivity index (χ3n) is 3.09. The molecule has 0 radical (unpaired) electrons. The van der Waals surface area contributed by atoms with Gasteiger partial charge in [0.15, 0.2) is 0 Å². The number of aromatic nitrogens is 2.